The largest absolute Gasteiger partial charge is 0.480 e. The highest BCUT2D eigenvalue weighted by Gasteiger charge is 2.46. The fraction of sp³-hybridized carbons (Fsp3) is 0.467. The van der Waals surface area contributed by atoms with Crippen LogP contribution < -0.4 is 0 Å². The molecule has 1 aliphatic carbocycles. The maximum Gasteiger partial charge on any atom is 0.323 e. The van der Waals surface area contributed by atoms with Crippen LogP contribution in [0.25, 0.3) is 0 Å². The van der Waals surface area contributed by atoms with Crippen LogP contribution in [0.3, 0.4) is 0 Å². The van der Waals surface area contributed by atoms with Crippen molar-refractivity contribution in [2.45, 2.75) is 31.1 Å². The second kappa shape index (κ2) is 5.79. The van der Waals surface area contributed by atoms with Gasteiger partial charge in [-0.05, 0) is 18.9 Å². The van der Waals surface area contributed by atoms with Crippen LogP contribution >= 0.6 is 0 Å². The monoisotopic (exact) mass is 297 g/mol. The van der Waals surface area contributed by atoms with E-state index in [2.05, 4.69) is 0 Å². The van der Waals surface area contributed by atoms with Crippen LogP contribution in [0.15, 0.2) is 18.2 Å². The molecule has 0 spiro atoms. The summed E-state index contributed by atoms with van der Waals surface area (Å²) in [5.74, 6) is -3.00. The van der Waals surface area contributed by atoms with E-state index in [1.54, 1.807) is 0 Å². The molecule has 4 nitrogen and oxygen atoms in total. The number of halogens is 2. The second-order valence-corrected chi connectivity index (χ2v) is 5.47. The Hall–Kier alpha value is -1.98. The highest BCUT2D eigenvalue weighted by atomic mass is 19.1. The normalized spacial score (nSPS) is 16.7. The van der Waals surface area contributed by atoms with E-state index in [0.717, 1.165) is 29.9 Å². The quantitative estimate of drug-likeness (QED) is 0.928. The van der Waals surface area contributed by atoms with Crippen LogP contribution in [0.1, 0.15) is 31.2 Å². The van der Waals surface area contributed by atoms with E-state index in [9.17, 15) is 18.4 Å². The molecule has 2 rings (SSSR count). The fourth-order valence-corrected chi connectivity index (χ4v) is 3.09. The molecule has 0 atom stereocenters. The van der Waals surface area contributed by atoms with E-state index in [1.165, 1.54) is 13.1 Å². The Morgan fingerprint density at radius 3 is 2.43 bits per heavy atom. The Bertz CT molecular complexity index is 568. The van der Waals surface area contributed by atoms with Crippen molar-refractivity contribution in [1.29, 1.82) is 0 Å². The molecule has 0 aromatic heterocycles. The minimum Gasteiger partial charge on any atom is -0.480 e. The molecule has 1 amide bonds. The Morgan fingerprint density at radius 2 is 1.90 bits per heavy atom. The summed E-state index contributed by atoms with van der Waals surface area (Å²) in [5, 5.41) is 8.80. The Balaban J connectivity index is 2.41. The van der Waals surface area contributed by atoms with Crippen molar-refractivity contribution in [2.75, 3.05) is 13.6 Å². The zero-order valence-electron chi connectivity index (χ0n) is 11.7. The third kappa shape index (κ3) is 2.89. The number of hydrogen-bond donors (Lipinski definition) is 1. The lowest BCUT2D eigenvalue weighted by Crippen LogP contribution is -2.46. The summed E-state index contributed by atoms with van der Waals surface area (Å²) in [6.07, 6.45) is 2.39. The molecule has 0 bridgehead atoms. The number of benzene rings is 1. The Kier molecular flexibility index (Phi) is 4.25. The first kappa shape index (κ1) is 15.4. The molecule has 6 heteroatoms. The van der Waals surface area contributed by atoms with E-state index in [4.69, 9.17) is 5.11 Å². The molecule has 1 fully saturated rings. The number of rotatable bonds is 4. The number of amides is 1. The molecular weight excluding hydrogens is 280 g/mol. The van der Waals surface area contributed by atoms with Gasteiger partial charge in [-0.15, -0.1) is 0 Å². The minimum atomic E-state index is -1.13. The first-order valence-corrected chi connectivity index (χ1v) is 6.80. The fourth-order valence-electron chi connectivity index (χ4n) is 3.09. The molecule has 0 unspecified atom stereocenters. The second-order valence-electron chi connectivity index (χ2n) is 5.47. The molecular formula is C15H17F2NO3. The Morgan fingerprint density at radius 1 is 1.29 bits per heavy atom. The van der Waals surface area contributed by atoms with Gasteiger partial charge in [-0.2, -0.15) is 0 Å². The van der Waals surface area contributed by atoms with E-state index in [-0.39, 0.29) is 5.56 Å². The van der Waals surface area contributed by atoms with Crippen LogP contribution in [0, 0.1) is 11.6 Å². The zero-order chi connectivity index (χ0) is 15.6. The number of carboxylic acid groups (broad SMARTS) is 1. The third-order valence-electron chi connectivity index (χ3n) is 4.03. The SMILES string of the molecule is CN(CC(=O)O)C(=O)C1(c2ccc(F)cc2F)CCCC1. The van der Waals surface area contributed by atoms with Gasteiger partial charge in [-0.3, -0.25) is 9.59 Å². The van der Waals surface area contributed by atoms with E-state index in [0.29, 0.717) is 12.8 Å². The first-order chi connectivity index (χ1) is 9.86. The molecule has 1 aromatic carbocycles. The summed E-state index contributed by atoms with van der Waals surface area (Å²) in [7, 11) is 1.39. The maximum absolute atomic E-state index is 14.1. The summed E-state index contributed by atoms with van der Waals surface area (Å²) >= 11 is 0. The van der Waals surface area contributed by atoms with E-state index >= 15 is 0 Å². The Labute approximate surface area is 121 Å². The van der Waals surface area contributed by atoms with Gasteiger partial charge in [-0.1, -0.05) is 18.9 Å². The lowest BCUT2D eigenvalue weighted by atomic mass is 9.77. The maximum atomic E-state index is 14.1. The molecule has 0 aliphatic heterocycles. The number of hydrogen-bond acceptors (Lipinski definition) is 2. The summed E-state index contributed by atoms with van der Waals surface area (Å²) in [5.41, 5.74) is -0.925. The van der Waals surface area contributed by atoms with E-state index in [1.807, 2.05) is 0 Å². The third-order valence-corrected chi connectivity index (χ3v) is 4.03. The van der Waals surface area contributed by atoms with Gasteiger partial charge in [-0.25, -0.2) is 8.78 Å². The molecule has 0 saturated heterocycles. The zero-order valence-corrected chi connectivity index (χ0v) is 11.7. The van der Waals surface area contributed by atoms with Gasteiger partial charge in [0.1, 0.15) is 18.2 Å². The van der Waals surface area contributed by atoms with Gasteiger partial charge in [0.15, 0.2) is 0 Å². The van der Waals surface area contributed by atoms with Gasteiger partial charge < -0.3 is 10.0 Å². The van der Waals surface area contributed by atoms with Crippen LogP contribution in [0.4, 0.5) is 8.78 Å². The molecule has 1 saturated carbocycles. The molecule has 1 aromatic rings. The van der Waals surface area contributed by atoms with Gasteiger partial charge in [0.25, 0.3) is 0 Å². The summed E-state index contributed by atoms with van der Waals surface area (Å²) in [6.45, 7) is -0.441. The first-order valence-electron chi connectivity index (χ1n) is 6.80. The van der Waals surface area contributed by atoms with E-state index < -0.39 is 35.5 Å². The predicted molar refractivity (Wildman–Crippen MR) is 71.8 cm³/mol. The number of carboxylic acids is 1. The van der Waals surface area contributed by atoms with Crippen molar-refractivity contribution in [3.63, 3.8) is 0 Å². The number of likely N-dealkylation sites (N-methyl/N-ethyl adjacent to an activating group) is 1. The molecule has 21 heavy (non-hydrogen) atoms. The van der Waals surface area contributed by atoms with Crippen LogP contribution in [0.5, 0.6) is 0 Å². The topological polar surface area (TPSA) is 57.6 Å². The average Bonchev–Trinajstić information content (AvgIpc) is 2.87. The van der Waals surface area contributed by atoms with Crippen molar-refractivity contribution in [1.82, 2.24) is 4.90 Å². The standard InChI is InChI=1S/C15H17F2NO3/c1-18(9-13(19)20)14(21)15(6-2-3-7-15)11-5-4-10(16)8-12(11)17/h4-5,8H,2-3,6-7,9H2,1H3,(H,19,20). The molecule has 0 radical (unpaired) electrons. The summed E-state index contributed by atoms with van der Waals surface area (Å²) in [6, 6.07) is 3.19. The van der Waals surface area contributed by atoms with Crippen LogP contribution in [-0.4, -0.2) is 35.5 Å². The number of aliphatic carboxylic acids is 1. The summed E-state index contributed by atoms with van der Waals surface area (Å²) in [4.78, 5) is 24.5. The smallest absolute Gasteiger partial charge is 0.323 e. The summed E-state index contributed by atoms with van der Waals surface area (Å²) < 4.78 is 27.2. The van der Waals surface area contributed by atoms with Crippen LogP contribution in [0.2, 0.25) is 0 Å². The van der Waals surface area contributed by atoms with Gasteiger partial charge in [0.2, 0.25) is 5.91 Å². The molecule has 1 aliphatic rings. The van der Waals surface area contributed by atoms with Crippen LogP contribution in [-0.2, 0) is 15.0 Å². The molecule has 1 N–H and O–H groups in total. The number of carbonyl (C=O) groups excluding carboxylic acids is 1. The van der Waals surface area contributed by atoms with Gasteiger partial charge in [0.05, 0.1) is 5.41 Å². The number of nitrogens with zero attached hydrogens (tertiary/aromatic N) is 1. The van der Waals surface area contributed by atoms with Crippen molar-refractivity contribution in [2.24, 2.45) is 0 Å². The van der Waals surface area contributed by atoms with Crippen molar-refractivity contribution >= 4 is 11.9 Å². The highest BCUT2D eigenvalue weighted by Crippen LogP contribution is 2.43. The number of carbonyl (C=O) groups is 2. The lowest BCUT2D eigenvalue weighted by molar-refractivity contribution is -0.146. The van der Waals surface area contributed by atoms with Crippen molar-refractivity contribution in [3.8, 4) is 0 Å². The highest BCUT2D eigenvalue weighted by molar-refractivity contribution is 5.90. The average molecular weight is 297 g/mol. The van der Waals surface area contributed by atoms with Gasteiger partial charge >= 0.3 is 5.97 Å². The van der Waals surface area contributed by atoms with Crippen molar-refractivity contribution in [3.05, 3.63) is 35.4 Å². The predicted octanol–water partition coefficient (Wildman–Crippen LogP) is 2.32. The van der Waals surface area contributed by atoms with Crippen molar-refractivity contribution < 1.29 is 23.5 Å². The van der Waals surface area contributed by atoms with Gasteiger partial charge in [0, 0.05) is 18.7 Å². The molecule has 0 heterocycles. The minimum absolute atomic E-state index is 0.156. The lowest BCUT2D eigenvalue weighted by Gasteiger charge is -2.32. The molecule has 114 valence electrons.